The molecule has 0 aliphatic carbocycles. The van der Waals surface area contributed by atoms with Gasteiger partial charge in [0.05, 0.1) is 0 Å². The first-order chi connectivity index (χ1) is 9.29. The highest BCUT2D eigenvalue weighted by molar-refractivity contribution is 6.34. The second kappa shape index (κ2) is 4.82. The van der Waals surface area contributed by atoms with Crippen LogP contribution in [0.1, 0.15) is 10.4 Å². The van der Waals surface area contributed by atoms with Crippen LogP contribution < -0.4 is 0 Å². The van der Waals surface area contributed by atoms with Gasteiger partial charge in [-0.2, -0.15) is 0 Å². The predicted octanol–water partition coefficient (Wildman–Crippen LogP) is 4.37. The molecule has 3 heteroatoms. The average molecular weight is 268 g/mol. The van der Waals surface area contributed by atoms with Crippen molar-refractivity contribution >= 4 is 28.7 Å². The summed E-state index contributed by atoms with van der Waals surface area (Å²) >= 11 is 6.26. The molecule has 1 heterocycles. The second-order valence-electron chi connectivity index (χ2n) is 4.26. The van der Waals surface area contributed by atoms with Crippen molar-refractivity contribution in [1.29, 1.82) is 0 Å². The number of carbonyl (C=O) groups excluding carboxylic acids is 1. The van der Waals surface area contributed by atoms with E-state index in [0.717, 1.165) is 28.2 Å². The molecule has 0 atom stereocenters. The third-order valence-corrected chi connectivity index (χ3v) is 3.42. The first-order valence-corrected chi connectivity index (χ1v) is 6.25. The molecule has 19 heavy (non-hydrogen) atoms. The van der Waals surface area contributed by atoms with Crippen molar-refractivity contribution in [2.75, 3.05) is 0 Å². The van der Waals surface area contributed by atoms with Gasteiger partial charge in [-0.25, -0.2) is 0 Å². The molecule has 0 aliphatic rings. The van der Waals surface area contributed by atoms with Crippen molar-refractivity contribution in [2.24, 2.45) is 0 Å². The molecule has 2 aromatic carbocycles. The third kappa shape index (κ3) is 2.11. The van der Waals surface area contributed by atoms with Gasteiger partial charge in [0.1, 0.15) is 6.29 Å². The van der Waals surface area contributed by atoms with Crippen molar-refractivity contribution in [3.63, 3.8) is 0 Å². The number of carbonyl (C=O) groups is 1. The van der Waals surface area contributed by atoms with E-state index in [-0.39, 0.29) is 0 Å². The summed E-state index contributed by atoms with van der Waals surface area (Å²) in [6.07, 6.45) is 4.39. The van der Waals surface area contributed by atoms with Gasteiger partial charge in [-0.15, -0.1) is 0 Å². The lowest BCUT2D eigenvalue weighted by Crippen LogP contribution is -1.86. The molecule has 0 N–H and O–H groups in total. The Morgan fingerprint density at radius 3 is 2.74 bits per heavy atom. The second-order valence-corrected chi connectivity index (χ2v) is 4.67. The number of nitrogens with zero attached hydrogens (tertiary/aromatic N) is 1. The fraction of sp³-hybridized carbons (Fsp3) is 0. The highest BCUT2D eigenvalue weighted by Gasteiger charge is 2.08. The van der Waals surface area contributed by atoms with Crippen LogP contribution in [0.5, 0.6) is 0 Å². The van der Waals surface area contributed by atoms with E-state index in [0.29, 0.717) is 10.6 Å². The number of halogens is 1. The van der Waals surface area contributed by atoms with Gasteiger partial charge in [0, 0.05) is 33.9 Å². The summed E-state index contributed by atoms with van der Waals surface area (Å²) in [5, 5.41) is 2.73. The Morgan fingerprint density at radius 2 is 1.95 bits per heavy atom. The van der Waals surface area contributed by atoms with Crippen LogP contribution in [0.25, 0.3) is 21.9 Å². The molecule has 92 valence electrons. The number of pyridine rings is 1. The number of benzene rings is 2. The monoisotopic (exact) mass is 267 g/mol. The summed E-state index contributed by atoms with van der Waals surface area (Å²) in [6.45, 7) is 0. The van der Waals surface area contributed by atoms with Crippen LogP contribution in [0.4, 0.5) is 0 Å². The Morgan fingerprint density at radius 1 is 1.05 bits per heavy atom. The third-order valence-electron chi connectivity index (χ3n) is 3.10. The van der Waals surface area contributed by atoms with Gasteiger partial charge >= 0.3 is 0 Å². The maximum atomic E-state index is 10.8. The fourth-order valence-corrected chi connectivity index (χ4v) is 2.46. The lowest BCUT2D eigenvalue weighted by Gasteiger charge is -2.08. The Kier molecular flexibility index (Phi) is 3.02. The number of rotatable bonds is 2. The summed E-state index contributed by atoms with van der Waals surface area (Å²) < 4.78 is 0. The molecule has 0 fully saturated rings. The SMILES string of the molecule is O=Cc1ccc(-c2cccc3ccncc23)c(Cl)c1. The van der Waals surface area contributed by atoms with E-state index in [1.165, 1.54) is 0 Å². The minimum atomic E-state index is 0.570. The number of hydrogen-bond donors (Lipinski definition) is 0. The summed E-state index contributed by atoms with van der Waals surface area (Å²) in [6, 6.07) is 13.3. The Labute approximate surface area is 115 Å². The van der Waals surface area contributed by atoms with Crippen LogP contribution in [0, 0.1) is 0 Å². The molecule has 0 unspecified atom stereocenters. The zero-order valence-corrected chi connectivity index (χ0v) is 10.8. The van der Waals surface area contributed by atoms with Crippen molar-refractivity contribution in [3.05, 3.63) is 65.4 Å². The molecular weight excluding hydrogens is 258 g/mol. The van der Waals surface area contributed by atoms with Gasteiger partial charge in [0.15, 0.2) is 0 Å². The number of aromatic nitrogens is 1. The molecule has 0 aliphatic heterocycles. The number of hydrogen-bond acceptors (Lipinski definition) is 2. The van der Waals surface area contributed by atoms with E-state index in [2.05, 4.69) is 4.98 Å². The van der Waals surface area contributed by atoms with Crippen molar-refractivity contribution in [2.45, 2.75) is 0 Å². The van der Waals surface area contributed by atoms with Crippen LogP contribution in [-0.2, 0) is 0 Å². The van der Waals surface area contributed by atoms with E-state index in [1.807, 2.05) is 36.5 Å². The van der Waals surface area contributed by atoms with E-state index < -0.39 is 0 Å². The molecule has 2 nitrogen and oxygen atoms in total. The first-order valence-electron chi connectivity index (χ1n) is 5.87. The Hall–Kier alpha value is -2.19. The molecule has 0 saturated carbocycles. The van der Waals surface area contributed by atoms with Gasteiger partial charge in [-0.3, -0.25) is 9.78 Å². The largest absolute Gasteiger partial charge is 0.298 e. The van der Waals surface area contributed by atoms with E-state index in [4.69, 9.17) is 11.6 Å². The van der Waals surface area contributed by atoms with Gasteiger partial charge in [0.25, 0.3) is 0 Å². The molecule has 0 amide bonds. The standard InChI is InChI=1S/C16H10ClNO/c17-16-8-11(10-19)4-5-14(16)13-3-1-2-12-6-7-18-9-15(12)13/h1-10H. The first kappa shape index (κ1) is 11.9. The van der Waals surface area contributed by atoms with Crippen LogP contribution in [0.15, 0.2) is 54.9 Å². The van der Waals surface area contributed by atoms with Crippen molar-refractivity contribution in [3.8, 4) is 11.1 Å². The average Bonchev–Trinajstić information content (AvgIpc) is 2.46. The van der Waals surface area contributed by atoms with Crippen LogP contribution in [-0.4, -0.2) is 11.3 Å². The van der Waals surface area contributed by atoms with Crippen molar-refractivity contribution in [1.82, 2.24) is 4.98 Å². The van der Waals surface area contributed by atoms with Crippen LogP contribution in [0.2, 0.25) is 5.02 Å². The van der Waals surface area contributed by atoms with Gasteiger partial charge in [-0.1, -0.05) is 41.9 Å². The normalized spacial score (nSPS) is 10.6. The molecule has 0 spiro atoms. The predicted molar refractivity (Wildman–Crippen MR) is 77.6 cm³/mol. The summed E-state index contributed by atoms with van der Waals surface area (Å²) in [4.78, 5) is 14.9. The lowest BCUT2D eigenvalue weighted by atomic mass is 9.99. The maximum absolute atomic E-state index is 10.8. The summed E-state index contributed by atoms with van der Waals surface area (Å²) in [5.74, 6) is 0. The van der Waals surface area contributed by atoms with E-state index in [9.17, 15) is 4.79 Å². The Balaban J connectivity index is 2.27. The smallest absolute Gasteiger partial charge is 0.150 e. The summed E-state index contributed by atoms with van der Waals surface area (Å²) in [5.41, 5.74) is 2.51. The van der Waals surface area contributed by atoms with Gasteiger partial charge in [0.2, 0.25) is 0 Å². The molecule has 1 aromatic heterocycles. The quantitative estimate of drug-likeness (QED) is 0.646. The van der Waals surface area contributed by atoms with Crippen LogP contribution >= 0.6 is 11.6 Å². The van der Waals surface area contributed by atoms with E-state index >= 15 is 0 Å². The highest BCUT2D eigenvalue weighted by atomic mass is 35.5. The van der Waals surface area contributed by atoms with Gasteiger partial charge < -0.3 is 0 Å². The zero-order valence-electron chi connectivity index (χ0n) is 10.0. The van der Waals surface area contributed by atoms with E-state index in [1.54, 1.807) is 18.3 Å². The molecular formula is C16H10ClNO. The topological polar surface area (TPSA) is 30.0 Å². The molecule has 3 rings (SSSR count). The maximum Gasteiger partial charge on any atom is 0.150 e. The molecule has 3 aromatic rings. The minimum absolute atomic E-state index is 0.570. The Bertz CT molecular complexity index is 762. The molecule has 0 bridgehead atoms. The fourth-order valence-electron chi connectivity index (χ4n) is 2.17. The number of fused-ring (bicyclic) bond motifs is 1. The minimum Gasteiger partial charge on any atom is -0.298 e. The van der Waals surface area contributed by atoms with Crippen LogP contribution in [0.3, 0.4) is 0 Å². The lowest BCUT2D eigenvalue weighted by molar-refractivity contribution is 0.112. The molecule has 0 radical (unpaired) electrons. The number of aldehydes is 1. The van der Waals surface area contributed by atoms with Gasteiger partial charge in [-0.05, 0) is 23.1 Å². The zero-order chi connectivity index (χ0) is 13.2. The van der Waals surface area contributed by atoms with Crippen molar-refractivity contribution < 1.29 is 4.79 Å². The summed E-state index contributed by atoms with van der Waals surface area (Å²) in [7, 11) is 0. The molecule has 0 saturated heterocycles. The highest BCUT2D eigenvalue weighted by Crippen LogP contribution is 2.33.